The molecule has 112 valence electrons. The first kappa shape index (κ1) is 16.5. The van der Waals surface area contributed by atoms with E-state index in [4.69, 9.17) is 5.73 Å². The van der Waals surface area contributed by atoms with Gasteiger partial charge in [0.25, 0.3) is 0 Å². The number of hydrogen-bond donors (Lipinski definition) is 2. The summed E-state index contributed by atoms with van der Waals surface area (Å²) in [5.74, 6) is 0.564. The molecule has 0 bridgehead atoms. The van der Waals surface area contributed by atoms with Crippen LogP contribution in [0.4, 0.5) is 5.69 Å². The highest BCUT2D eigenvalue weighted by molar-refractivity contribution is 5.81. The Morgan fingerprint density at radius 1 is 1.25 bits per heavy atom. The fourth-order valence-corrected chi connectivity index (χ4v) is 2.00. The van der Waals surface area contributed by atoms with Gasteiger partial charge in [0.05, 0.1) is 6.04 Å². The van der Waals surface area contributed by atoms with Gasteiger partial charge in [-0.3, -0.25) is 9.69 Å². The fraction of sp³-hybridized carbons (Fsp3) is 0.562. The molecule has 4 heteroatoms. The van der Waals surface area contributed by atoms with Crippen molar-refractivity contribution in [2.45, 2.75) is 40.3 Å². The van der Waals surface area contributed by atoms with Gasteiger partial charge in [0.1, 0.15) is 0 Å². The predicted molar refractivity (Wildman–Crippen MR) is 84.2 cm³/mol. The van der Waals surface area contributed by atoms with E-state index < -0.39 is 0 Å². The third-order valence-corrected chi connectivity index (χ3v) is 3.38. The molecule has 0 heterocycles. The second kappa shape index (κ2) is 7.90. The Morgan fingerprint density at radius 3 is 2.35 bits per heavy atom. The van der Waals surface area contributed by atoms with Gasteiger partial charge in [-0.15, -0.1) is 0 Å². The highest BCUT2D eigenvalue weighted by Gasteiger charge is 2.19. The second-order valence-electron chi connectivity index (χ2n) is 5.62. The maximum atomic E-state index is 12.1. The first-order valence-electron chi connectivity index (χ1n) is 7.30. The van der Waals surface area contributed by atoms with Crippen molar-refractivity contribution >= 4 is 11.6 Å². The lowest BCUT2D eigenvalue weighted by Crippen LogP contribution is -2.45. The van der Waals surface area contributed by atoms with Crippen LogP contribution in [0.5, 0.6) is 0 Å². The van der Waals surface area contributed by atoms with Crippen molar-refractivity contribution in [3.05, 3.63) is 29.8 Å². The maximum Gasteiger partial charge on any atom is 0.237 e. The molecule has 0 aliphatic rings. The average molecular weight is 277 g/mol. The van der Waals surface area contributed by atoms with E-state index in [-0.39, 0.29) is 11.9 Å². The zero-order valence-electron chi connectivity index (χ0n) is 13.0. The lowest BCUT2D eigenvalue weighted by atomic mass is 10.1. The molecule has 1 unspecified atom stereocenters. The summed E-state index contributed by atoms with van der Waals surface area (Å²) in [4.78, 5) is 14.3. The Bertz CT molecular complexity index is 414. The van der Waals surface area contributed by atoms with E-state index in [1.807, 2.05) is 31.2 Å². The number of nitrogens with one attached hydrogen (secondary N) is 1. The molecule has 4 nitrogen and oxygen atoms in total. The molecule has 0 fully saturated rings. The molecule has 1 atom stereocenters. The van der Waals surface area contributed by atoms with Crippen LogP contribution >= 0.6 is 0 Å². The number of nitrogens with two attached hydrogens (primary N) is 1. The lowest BCUT2D eigenvalue weighted by molar-refractivity contribution is -0.126. The number of rotatable bonds is 7. The van der Waals surface area contributed by atoms with E-state index >= 15 is 0 Å². The molecule has 0 aromatic heterocycles. The van der Waals surface area contributed by atoms with E-state index in [1.165, 1.54) is 5.56 Å². The number of anilines is 1. The monoisotopic (exact) mass is 277 g/mol. The van der Waals surface area contributed by atoms with Crippen LogP contribution in [-0.2, 0) is 11.3 Å². The molecule has 0 saturated carbocycles. The van der Waals surface area contributed by atoms with Gasteiger partial charge in [-0.25, -0.2) is 0 Å². The summed E-state index contributed by atoms with van der Waals surface area (Å²) in [5.41, 5.74) is 7.62. The Labute approximate surface area is 122 Å². The van der Waals surface area contributed by atoms with Crippen molar-refractivity contribution in [1.29, 1.82) is 0 Å². The van der Waals surface area contributed by atoms with Crippen LogP contribution < -0.4 is 11.1 Å². The molecular formula is C16H27N3O. The third kappa shape index (κ3) is 5.21. The predicted octanol–water partition coefficient (Wildman–Crippen LogP) is 2.25. The molecule has 0 spiro atoms. The molecule has 1 aromatic carbocycles. The van der Waals surface area contributed by atoms with Crippen molar-refractivity contribution in [2.24, 2.45) is 5.92 Å². The van der Waals surface area contributed by atoms with Crippen LogP contribution in [-0.4, -0.2) is 29.9 Å². The number of carbonyl (C=O) groups excluding carboxylic acids is 1. The molecule has 1 amide bonds. The zero-order valence-corrected chi connectivity index (χ0v) is 13.0. The van der Waals surface area contributed by atoms with Gasteiger partial charge in [-0.1, -0.05) is 32.9 Å². The lowest BCUT2D eigenvalue weighted by Gasteiger charge is -2.27. The number of amides is 1. The van der Waals surface area contributed by atoms with Gasteiger partial charge in [0.15, 0.2) is 0 Å². The van der Waals surface area contributed by atoms with Crippen LogP contribution in [0.2, 0.25) is 0 Å². The first-order chi connectivity index (χ1) is 9.43. The van der Waals surface area contributed by atoms with Gasteiger partial charge in [0.2, 0.25) is 5.91 Å². The van der Waals surface area contributed by atoms with E-state index in [2.05, 4.69) is 31.0 Å². The standard InChI is InChI=1S/C16H27N3O/c1-5-19(11-14-6-8-15(17)9-7-14)13(4)16(20)18-10-12(2)3/h6-9,12-13H,5,10-11,17H2,1-4H3,(H,18,20). The van der Waals surface area contributed by atoms with Gasteiger partial charge in [0, 0.05) is 18.8 Å². The van der Waals surface area contributed by atoms with Gasteiger partial charge >= 0.3 is 0 Å². The molecule has 3 N–H and O–H groups in total. The summed E-state index contributed by atoms with van der Waals surface area (Å²) >= 11 is 0. The third-order valence-electron chi connectivity index (χ3n) is 3.38. The van der Waals surface area contributed by atoms with Crippen molar-refractivity contribution < 1.29 is 4.79 Å². The van der Waals surface area contributed by atoms with Crippen molar-refractivity contribution in [3.8, 4) is 0 Å². The molecule has 0 radical (unpaired) electrons. The molecular weight excluding hydrogens is 250 g/mol. The highest BCUT2D eigenvalue weighted by atomic mass is 16.2. The molecule has 1 rings (SSSR count). The zero-order chi connectivity index (χ0) is 15.1. The molecule has 0 saturated heterocycles. The first-order valence-corrected chi connectivity index (χ1v) is 7.30. The number of nitrogens with zero attached hydrogens (tertiary/aromatic N) is 1. The summed E-state index contributed by atoms with van der Waals surface area (Å²) in [6, 6.07) is 7.68. The van der Waals surface area contributed by atoms with E-state index in [0.717, 1.165) is 25.3 Å². The largest absolute Gasteiger partial charge is 0.399 e. The van der Waals surface area contributed by atoms with E-state index in [9.17, 15) is 4.79 Å². The second-order valence-corrected chi connectivity index (χ2v) is 5.62. The van der Waals surface area contributed by atoms with Crippen LogP contribution in [0.3, 0.4) is 0 Å². The number of benzene rings is 1. The van der Waals surface area contributed by atoms with Crippen LogP contribution in [0.25, 0.3) is 0 Å². The quantitative estimate of drug-likeness (QED) is 0.752. The fourth-order valence-electron chi connectivity index (χ4n) is 2.00. The SMILES string of the molecule is CCN(Cc1ccc(N)cc1)C(C)C(=O)NCC(C)C. The Morgan fingerprint density at radius 2 is 1.85 bits per heavy atom. The van der Waals surface area contributed by atoms with Crippen LogP contribution in [0.15, 0.2) is 24.3 Å². The number of nitrogen functional groups attached to an aromatic ring is 1. The van der Waals surface area contributed by atoms with E-state index in [1.54, 1.807) is 0 Å². The topological polar surface area (TPSA) is 58.4 Å². The smallest absolute Gasteiger partial charge is 0.237 e. The van der Waals surface area contributed by atoms with Crippen molar-refractivity contribution in [1.82, 2.24) is 10.2 Å². The van der Waals surface area contributed by atoms with Crippen molar-refractivity contribution in [2.75, 3.05) is 18.8 Å². The summed E-state index contributed by atoms with van der Waals surface area (Å²) in [6.07, 6.45) is 0. The molecule has 0 aliphatic heterocycles. The van der Waals surface area contributed by atoms with Gasteiger partial charge < -0.3 is 11.1 Å². The summed E-state index contributed by atoms with van der Waals surface area (Å²) < 4.78 is 0. The molecule has 20 heavy (non-hydrogen) atoms. The number of carbonyl (C=O) groups is 1. The Hall–Kier alpha value is -1.55. The summed E-state index contributed by atoms with van der Waals surface area (Å²) in [5, 5.41) is 2.99. The van der Waals surface area contributed by atoms with Gasteiger partial charge in [-0.2, -0.15) is 0 Å². The minimum atomic E-state index is -0.128. The Balaban J connectivity index is 2.60. The minimum Gasteiger partial charge on any atom is -0.399 e. The highest BCUT2D eigenvalue weighted by Crippen LogP contribution is 2.11. The van der Waals surface area contributed by atoms with Crippen LogP contribution in [0, 0.1) is 5.92 Å². The number of likely N-dealkylation sites (N-methyl/N-ethyl adjacent to an activating group) is 1. The normalized spacial score (nSPS) is 12.7. The van der Waals surface area contributed by atoms with E-state index in [0.29, 0.717) is 5.92 Å². The molecule has 1 aromatic rings. The van der Waals surface area contributed by atoms with Gasteiger partial charge in [-0.05, 0) is 37.1 Å². The summed E-state index contributed by atoms with van der Waals surface area (Å²) in [7, 11) is 0. The maximum absolute atomic E-state index is 12.1. The van der Waals surface area contributed by atoms with Crippen molar-refractivity contribution in [3.63, 3.8) is 0 Å². The number of hydrogen-bond acceptors (Lipinski definition) is 3. The summed E-state index contributed by atoms with van der Waals surface area (Å²) in [6.45, 7) is 10.5. The average Bonchev–Trinajstić information content (AvgIpc) is 2.43. The Kier molecular flexibility index (Phi) is 6.52. The van der Waals surface area contributed by atoms with Crippen LogP contribution in [0.1, 0.15) is 33.3 Å². The minimum absolute atomic E-state index is 0.0935. The molecule has 0 aliphatic carbocycles.